The van der Waals surface area contributed by atoms with Gasteiger partial charge in [0.15, 0.2) is 0 Å². The average Bonchev–Trinajstić information content (AvgIpc) is 2.88. The summed E-state index contributed by atoms with van der Waals surface area (Å²) in [5.41, 5.74) is 1.80. The van der Waals surface area contributed by atoms with Crippen LogP contribution >= 0.6 is 0 Å². The molecule has 1 aromatic heterocycles. The third-order valence-electron chi connectivity index (χ3n) is 3.13. The molecule has 1 aromatic rings. The Morgan fingerprint density at radius 3 is 3.00 bits per heavy atom. The molecule has 0 saturated carbocycles. The van der Waals surface area contributed by atoms with Crippen LogP contribution in [0.1, 0.15) is 12.1 Å². The quantitative estimate of drug-likeness (QED) is 0.855. The Balaban J connectivity index is 1.50. The SMILES string of the molecule is Cc1cc(NC(=O)N2CC(C3=NOCC3)C2)on1. The van der Waals surface area contributed by atoms with Crippen molar-refractivity contribution >= 4 is 17.6 Å². The van der Waals surface area contributed by atoms with E-state index in [1.54, 1.807) is 17.9 Å². The van der Waals surface area contributed by atoms with Crippen molar-refractivity contribution in [1.82, 2.24) is 10.1 Å². The number of hydrogen-bond donors (Lipinski definition) is 1. The Bertz CT molecular complexity index is 490. The monoisotopic (exact) mass is 250 g/mol. The standard InChI is InChI=1S/C11H14N4O3/c1-7-4-10(18-13-7)12-11(16)15-5-8(6-15)9-2-3-17-14-9/h4,8H,2-3,5-6H2,1H3,(H,12,16). The molecular weight excluding hydrogens is 236 g/mol. The topological polar surface area (TPSA) is 80.0 Å². The van der Waals surface area contributed by atoms with E-state index in [4.69, 9.17) is 9.36 Å². The molecule has 2 aliphatic heterocycles. The molecule has 0 unspecified atom stereocenters. The van der Waals surface area contributed by atoms with Gasteiger partial charge in [-0.2, -0.15) is 0 Å². The maximum Gasteiger partial charge on any atom is 0.324 e. The summed E-state index contributed by atoms with van der Waals surface area (Å²) < 4.78 is 4.93. The van der Waals surface area contributed by atoms with Crippen LogP contribution in [-0.4, -0.2) is 41.5 Å². The summed E-state index contributed by atoms with van der Waals surface area (Å²) in [6.07, 6.45) is 0.876. The zero-order valence-electron chi connectivity index (χ0n) is 10.0. The molecule has 2 amide bonds. The third kappa shape index (κ3) is 2.03. The van der Waals surface area contributed by atoms with Crippen molar-refractivity contribution in [3.63, 3.8) is 0 Å². The highest BCUT2D eigenvalue weighted by Crippen LogP contribution is 2.22. The predicted octanol–water partition coefficient (Wildman–Crippen LogP) is 1.22. The van der Waals surface area contributed by atoms with E-state index in [1.807, 2.05) is 0 Å². The van der Waals surface area contributed by atoms with E-state index < -0.39 is 0 Å². The minimum atomic E-state index is -0.165. The Morgan fingerprint density at radius 2 is 2.39 bits per heavy atom. The lowest BCUT2D eigenvalue weighted by Crippen LogP contribution is -2.54. The fraction of sp³-hybridized carbons (Fsp3) is 0.545. The third-order valence-corrected chi connectivity index (χ3v) is 3.13. The molecule has 3 heterocycles. The Morgan fingerprint density at radius 1 is 1.56 bits per heavy atom. The van der Waals surface area contributed by atoms with E-state index >= 15 is 0 Å². The van der Waals surface area contributed by atoms with Crippen LogP contribution in [0.15, 0.2) is 15.7 Å². The Hall–Kier alpha value is -2.05. The molecule has 2 aliphatic rings. The number of rotatable bonds is 2. The van der Waals surface area contributed by atoms with Crippen molar-refractivity contribution < 1.29 is 14.2 Å². The molecule has 0 aromatic carbocycles. The van der Waals surface area contributed by atoms with Crippen LogP contribution in [0.5, 0.6) is 0 Å². The number of oxime groups is 1. The number of amides is 2. The number of carbonyl (C=O) groups excluding carboxylic acids is 1. The summed E-state index contributed by atoms with van der Waals surface area (Å²) in [6, 6.07) is 1.52. The first kappa shape index (κ1) is 11.1. The summed E-state index contributed by atoms with van der Waals surface area (Å²) in [4.78, 5) is 18.5. The van der Waals surface area contributed by atoms with Gasteiger partial charge < -0.3 is 14.3 Å². The number of aromatic nitrogens is 1. The first-order chi connectivity index (χ1) is 8.72. The first-order valence-corrected chi connectivity index (χ1v) is 5.90. The summed E-state index contributed by atoms with van der Waals surface area (Å²) in [5, 5.41) is 10.3. The van der Waals surface area contributed by atoms with Gasteiger partial charge in [-0.05, 0) is 6.92 Å². The maximum atomic E-state index is 11.8. The maximum absolute atomic E-state index is 11.8. The predicted molar refractivity (Wildman–Crippen MR) is 63.3 cm³/mol. The first-order valence-electron chi connectivity index (χ1n) is 5.90. The van der Waals surface area contributed by atoms with Gasteiger partial charge in [-0.25, -0.2) is 4.79 Å². The molecule has 7 heteroatoms. The average molecular weight is 250 g/mol. The lowest BCUT2D eigenvalue weighted by atomic mass is 9.93. The molecule has 0 bridgehead atoms. The lowest BCUT2D eigenvalue weighted by molar-refractivity contribution is 0.156. The van der Waals surface area contributed by atoms with Crippen LogP contribution in [-0.2, 0) is 4.84 Å². The molecule has 1 N–H and O–H groups in total. The molecule has 18 heavy (non-hydrogen) atoms. The van der Waals surface area contributed by atoms with Gasteiger partial charge in [-0.1, -0.05) is 10.3 Å². The number of nitrogens with one attached hydrogen (secondary N) is 1. The van der Waals surface area contributed by atoms with Crippen molar-refractivity contribution in [2.75, 3.05) is 25.0 Å². The van der Waals surface area contributed by atoms with Gasteiger partial charge in [0.25, 0.3) is 0 Å². The second-order valence-corrected chi connectivity index (χ2v) is 4.53. The van der Waals surface area contributed by atoms with Crippen LogP contribution in [0, 0.1) is 12.8 Å². The van der Waals surface area contributed by atoms with Crippen LogP contribution in [0.25, 0.3) is 0 Å². The highest BCUT2D eigenvalue weighted by molar-refractivity contribution is 5.93. The van der Waals surface area contributed by atoms with Crippen molar-refractivity contribution in [3.8, 4) is 0 Å². The van der Waals surface area contributed by atoms with E-state index in [-0.39, 0.29) is 6.03 Å². The molecule has 96 valence electrons. The number of carbonyl (C=O) groups is 1. The van der Waals surface area contributed by atoms with Gasteiger partial charge in [-0.3, -0.25) is 5.32 Å². The molecular formula is C11H14N4O3. The largest absolute Gasteiger partial charge is 0.395 e. The second-order valence-electron chi connectivity index (χ2n) is 4.53. The summed E-state index contributed by atoms with van der Waals surface area (Å²) >= 11 is 0. The molecule has 0 radical (unpaired) electrons. The van der Waals surface area contributed by atoms with Crippen LogP contribution < -0.4 is 5.32 Å². The van der Waals surface area contributed by atoms with E-state index in [0.717, 1.165) is 17.8 Å². The fourth-order valence-electron chi connectivity index (χ4n) is 2.07. The van der Waals surface area contributed by atoms with Crippen molar-refractivity contribution in [1.29, 1.82) is 0 Å². The van der Waals surface area contributed by atoms with Crippen molar-refractivity contribution in [2.24, 2.45) is 11.1 Å². The van der Waals surface area contributed by atoms with Gasteiger partial charge in [0.1, 0.15) is 6.61 Å². The summed E-state index contributed by atoms with van der Waals surface area (Å²) in [7, 11) is 0. The number of nitrogens with zero attached hydrogens (tertiary/aromatic N) is 3. The number of likely N-dealkylation sites (tertiary alicyclic amines) is 1. The zero-order chi connectivity index (χ0) is 12.5. The van der Waals surface area contributed by atoms with Crippen molar-refractivity contribution in [3.05, 3.63) is 11.8 Å². The lowest BCUT2D eigenvalue weighted by Gasteiger charge is -2.38. The molecule has 0 atom stereocenters. The van der Waals surface area contributed by atoms with Gasteiger partial charge in [-0.15, -0.1) is 0 Å². The second kappa shape index (κ2) is 4.32. The molecule has 1 saturated heterocycles. The molecule has 7 nitrogen and oxygen atoms in total. The van der Waals surface area contributed by atoms with Crippen LogP contribution in [0.3, 0.4) is 0 Å². The zero-order valence-corrected chi connectivity index (χ0v) is 10.0. The smallest absolute Gasteiger partial charge is 0.324 e. The van der Waals surface area contributed by atoms with E-state index in [9.17, 15) is 4.79 Å². The number of anilines is 1. The van der Waals surface area contributed by atoms with E-state index in [0.29, 0.717) is 31.5 Å². The molecule has 1 fully saturated rings. The highest BCUT2D eigenvalue weighted by Gasteiger charge is 2.35. The van der Waals surface area contributed by atoms with Crippen molar-refractivity contribution in [2.45, 2.75) is 13.3 Å². The Labute approximate surface area is 104 Å². The van der Waals surface area contributed by atoms with Gasteiger partial charge in [0, 0.05) is 31.5 Å². The van der Waals surface area contributed by atoms with E-state index in [2.05, 4.69) is 15.6 Å². The Kier molecular flexibility index (Phi) is 2.66. The fourth-order valence-corrected chi connectivity index (χ4v) is 2.07. The minimum Gasteiger partial charge on any atom is -0.395 e. The summed E-state index contributed by atoms with van der Waals surface area (Å²) in [5.74, 6) is 0.720. The van der Waals surface area contributed by atoms with E-state index in [1.165, 1.54) is 0 Å². The highest BCUT2D eigenvalue weighted by atomic mass is 16.6. The van der Waals surface area contributed by atoms with Crippen LogP contribution in [0.4, 0.5) is 10.7 Å². The van der Waals surface area contributed by atoms with Gasteiger partial charge in [0.2, 0.25) is 5.88 Å². The van der Waals surface area contributed by atoms with Gasteiger partial charge in [0.05, 0.1) is 11.4 Å². The number of aryl methyl sites for hydroxylation is 1. The van der Waals surface area contributed by atoms with Gasteiger partial charge >= 0.3 is 6.03 Å². The number of hydrogen-bond acceptors (Lipinski definition) is 5. The number of urea groups is 1. The molecule has 3 rings (SSSR count). The van der Waals surface area contributed by atoms with Crippen LogP contribution in [0.2, 0.25) is 0 Å². The minimum absolute atomic E-state index is 0.165. The summed E-state index contributed by atoms with van der Waals surface area (Å²) in [6.45, 7) is 3.83. The molecule has 0 spiro atoms. The normalized spacial score (nSPS) is 19.2. The molecule has 0 aliphatic carbocycles.